The van der Waals surface area contributed by atoms with Gasteiger partial charge in [-0.25, -0.2) is 0 Å². The van der Waals surface area contributed by atoms with Crippen LogP contribution in [0.15, 0.2) is 0 Å². The SMILES string of the molecule is CCCCCC(CCCC)OC(=O)CCC. The molecule has 2 heteroatoms. The highest BCUT2D eigenvalue weighted by atomic mass is 16.5. The molecule has 0 aromatic rings. The molecule has 0 fully saturated rings. The van der Waals surface area contributed by atoms with Crippen LogP contribution in [0.3, 0.4) is 0 Å². The first-order valence-electron chi connectivity index (χ1n) is 6.94. The molecule has 1 atom stereocenters. The lowest BCUT2D eigenvalue weighted by atomic mass is 10.1. The molecule has 2 nitrogen and oxygen atoms in total. The van der Waals surface area contributed by atoms with Crippen molar-refractivity contribution in [3.8, 4) is 0 Å². The maximum atomic E-state index is 11.4. The maximum Gasteiger partial charge on any atom is 0.306 e. The van der Waals surface area contributed by atoms with Gasteiger partial charge in [-0.1, -0.05) is 46.5 Å². The molecule has 0 N–H and O–H groups in total. The summed E-state index contributed by atoms with van der Waals surface area (Å²) in [5, 5.41) is 0. The van der Waals surface area contributed by atoms with E-state index in [0.29, 0.717) is 6.42 Å². The summed E-state index contributed by atoms with van der Waals surface area (Å²) in [5.74, 6) is -0.0138. The molecule has 0 amide bonds. The molecule has 16 heavy (non-hydrogen) atoms. The van der Waals surface area contributed by atoms with Crippen molar-refractivity contribution in [3.05, 3.63) is 0 Å². The van der Waals surface area contributed by atoms with Gasteiger partial charge in [0, 0.05) is 6.42 Å². The Morgan fingerprint density at radius 2 is 1.56 bits per heavy atom. The molecule has 0 aromatic heterocycles. The molecule has 0 aromatic carbocycles. The zero-order valence-electron chi connectivity index (χ0n) is 11.3. The van der Waals surface area contributed by atoms with Gasteiger partial charge in [-0.3, -0.25) is 4.79 Å². The lowest BCUT2D eigenvalue weighted by Crippen LogP contribution is -2.18. The van der Waals surface area contributed by atoms with E-state index in [2.05, 4.69) is 13.8 Å². The van der Waals surface area contributed by atoms with Crippen molar-refractivity contribution in [2.24, 2.45) is 0 Å². The summed E-state index contributed by atoms with van der Waals surface area (Å²) in [6.07, 6.45) is 9.70. The lowest BCUT2D eigenvalue weighted by molar-refractivity contribution is -0.149. The van der Waals surface area contributed by atoms with Gasteiger partial charge >= 0.3 is 5.97 Å². The summed E-state index contributed by atoms with van der Waals surface area (Å²) in [7, 11) is 0. The summed E-state index contributed by atoms with van der Waals surface area (Å²) >= 11 is 0. The van der Waals surface area contributed by atoms with Crippen molar-refractivity contribution in [2.45, 2.75) is 84.7 Å². The number of hydrogen-bond donors (Lipinski definition) is 0. The van der Waals surface area contributed by atoms with Crippen LogP contribution in [0.1, 0.15) is 78.6 Å². The standard InChI is InChI=1S/C14H28O2/c1-4-7-9-12-13(11-8-5-2)16-14(15)10-6-3/h13H,4-12H2,1-3H3. The molecule has 0 aliphatic heterocycles. The molecule has 0 saturated heterocycles. The van der Waals surface area contributed by atoms with Crippen LogP contribution in [0, 0.1) is 0 Å². The van der Waals surface area contributed by atoms with Crippen molar-refractivity contribution in [2.75, 3.05) is 0 Å². The van der Waals surface area contributed by atoms with E-state index in [9.17, 15) is 4.79 Å². The van der Waals surface area contributed by atoms with E-state index in [1.54, 1.807) is 0 Å². The van der Waals surface area contributed by atoms with Crippen LogP contribution in [0.2, 0.25) is 0 Å². The Hall–Kier alpha value is -0.530. The van der Waals surface area contributed by atoms with E-state index in [4.69, 9.17) is 4.74 Å². The molecular formula is C14H28O2. The second kappa shape index (κ2) is 11.0. The number of carbonyl (C=O) groups is 1. The second-order valence-corrected chi connectivity index (χ2v) is 4.50. The minimum absolute atomic E-state index is 0.0138. The molecule has 0 radical (unpaired) electrons. The van der Waals surface area contributed by atoms with E-state index in [-0.39, 0.29) is 12.1 Å². The van der Waals surface area contributed by atoms with Crippen molar-refractivity contribution >= 4 is 5.97 Å². The third kappa shape index (κ3) is 8.75. The van der Waals surface area contributed by atoms with Crippen molar-refractivity contribution < 1.29 is 9.53 Å². The van der Waals surface area contributed by atoms with Crippen LogP contribution in [-0.2, 0) is 9.53 Å². The predicted molar refractivity (Wildman–Crippen MR) is 68.5 cm³/mol. The highest BCUT2D eigenvalue weighted by molar-refractivity contribution is 5.69. The van der Waals surface area contributed by atoms with Gasteiger partial charge in [0.2, 0.25) is 0 Å². The first-order chi connectivity index (χ1) is 7.74. The monoisotopic (exact) mass is 228 g/mol. The molecule has 0 aliphatic carbocycles. The molecule has 0 bridgehead atoms. The molecular weight excluding hydrogens is 200 g/mol. The quantitative estimate of drug-likeness (QED) is 0.407. The normalized spacial score (nSPS) is 12.4. The zero-order valence-corrected chi connectivity index (χ0v) is 11.3. The summed E-state index contributed by atoms with van der Waals surface area (Å²) < 4.78 is 5.50. The fraction of sp³-hybridized carbons (Fsp3) is 0.929. The van der Waals surface area contributed by atoms with Gasteiger partial charge in [0.25, 0.3) is 0 Å². The molecule has 96 valence electrons. The minimum Gasteiger partial charge on any atom is -0.462 e. The summed E-state index contributed by atoms with van der Waals surface area (Å²) in [4.78, 5) is 11.4. The highest BCUT2D eigenvalue weighted by Crippen LogP contribution is 2.14. The van der Waals surface area contributed by atoms with Crippen molar-refractivity contribution in [3.63, 3.8) is 0 Å². The molecule has 0 rings (SSSR count). The van der Waals surface area contributed by atoms with Crippen LogP contribution >= 0.6 is 0 Å². The van der Waals surface area contributed by atoms with Crippen LogP contribution in [-0.4, -0.2) is 12.1 Å². The van der Waals surface area contributed by atoms with E-state index in [0.717, 1.165) is 25.7 Å². The number of unbranched alkanes of at least 4 members (excludes halogenated alkanes) is 3. The summed E-state index contributed by atoms with van der Waals surface area (Å²) in [6, 6.07) is 0. The molecule has 1 unspecified atom stereocenters. The van der Waals surface area contributed by atoms with Gasteiger partial charge in [0.05, 0.1) is 0 Å². The second-order valence-electron chi connectivity index (χ2n) is 4.50. The maximum absolute atomic E-state index is 11.4. The van der Waals surface area contributed by atoms with Crippen LogP contribution in [0.4, 0.5) is 0 Å². The third-order valence-electron chi connectivity index (χ3n) is 2.76. The lowest BCUT2D eigenvalue weighted by Gasteiger charge is -2.17. The van der Waals surface area contributed by atoms with Crippen LogP contribution in [0.5, 0.6) is 0 Å². The van der Waals surface area contributed by atoms with Gasteiger partial charge in [0.15, 0.2) is 0 Å². The average molecular weight is 228 g/mol. The van der Waals surface area contributed by atoms with E-state index in [1.165, 1.54) is 25.7 Å². The molecule has 0 aliphatic rings. The first-order valence-corrected chi connectivity index (χ1v) is 6.94. The number of carbonyl (C=O) groups excluding carboxylic acids is 1. The predicted octanol–water partition coefficient (Wildman–Crippen LogP) is 4.47. The Labute approximate surface area is 101 Å². The van der Waals surface area contributed by atoms with E-state index >= 15 is 0 Å². The average Bonchev–Trinajstić information content (AvgIpc) is 2.26. The smallest absolute Gasteiger partial charge is 0.306 e. The molecule has 0 heterocycles. The Bertz CT molecular complexity index is 166. The summed E-state index contributed by atoms with van der Waals surface area (Å²) in [6.45, 7) is 6.39. The largest absolute Gasteiger partial charge is 0.462 e. The zero-order chi connectivity index (χ0) is 12.2. The summed E-state index contributed by atoms with van der Waals surface area (Å²) in [5.41, 5.74) is 0. The van der Waals surface area contributed by atoms with Gasteiger partial charge in [-0.05, 0) is 25.7 Å². The Kier molecular flexibility index (Phi) is 10.6. The van der Waals surface area contributed by atoms with Gasteiger partial charge in [-0.15, -0.1) is 0 Å². The number of hydrogen-bond acceptors (Lipinski definition) is 2. The van der Waals surface area contributed by atoms with Crippen LogP contribution < -0.4 is 0 Å². The third-order valence-corrected chi connectivity index (χ3v) is 2.76. The van der Waals surface area contributed by atoms with E-state index in [1.807, 2.05) is 6.92 Å². The van der Waals surface area contributed by atoms with Gasteiger partial charge < -0.3 is 4.74 Å². The minimum atomic E-state index is -0.0138. The Morgan fingerprint density at radius 3 is 2.12 bits per heavy atom. The number of ether oxygens (including phenoxy) is 1. The number of rotatable bonds is 10. The topological polar surface area (TPSA) is 26.3 Å². The number of esters is 1. The van der Waals surface area contributed by atoms with Crippen molar-refractivity contribution in [1.82, 2.24) is 0 Å². The molecule has 0 spiro atoms. The fourth-order valence-electron chi connectivity index (χ4n) is 1.76. The highest BCUT2D eigenvalue weighted by Gasteiger charge is 2.12. The Balaban J connectivity index is 3.83. The van der Waals surface area contributed by atoms with Gasteiger partial charge in [-0.2, -0.15) is 0 Å². The van der Waals surface area contributed by atoms with Gasteiger partial charge in [0.1, 0.15) is 6.10 Å². The van der Waals surface area contributed by atoms with Crippen molar-refractivity contribution in [1.29, 1.82) is 0 Å². The Morgan fingerprint density at radius 1 is 0.938 bits per heavy atom. The van der Waals surface area contributed by atoms with E-state index < -0.39 is 0 Å². The van der Waals surface area contributed by atoms with Crippen LogP contribution in [0.25, 0.3) is 0 Å². The first kappa shape index (κ1) is 15.5. The fourth-order valence-corrected chi connectivity index (χ4v) is 1.76. The molecule has 0 saturated carbocycles.